The van der Waals surface area contributed by atoms with Crippen LogP contribution in [0, 0.1) is 0 Å². The van der Waals surface area contributed by atoms with E-state index >= 15 is 0 Å². The number of amides is 1. The first kappa shape index (κ1) is 14.9. The van der Waals surface area contributed by atoms with Crippen molar-refractivity contribution in [3.8, 4) is 0 Å². The van der Waals surface area contributed by atoms with Crippen molar-refractivity contribution in [1.29, 1.82) is 0 Å². The topological polar surface area (TPSA) is 55.1 Å². The van der Waals surface area contributed by atoms with Crippen LogP contribution in [-0.4, -0.2) is 16.6 Å². The molecule has 2 aromatic carbocycles. The minimum atomic E-state index is -0.0640. The molecule has 6 heteroatoms. The Morgan fingerprint density at radius 2 is 2.09 bits per heavy atom. The first-order chi connectivity index (χ1) is 10.7. The van der Waals surface area contributed by atoms with E-state index in [2.05, 4.69) is 10.3 Å². The van der Waals surface area contributed by atoms with Crippen molar-refractivity contribution in [3.05, 3.63) is 53.6 Å². The van der Waals surface area contributed by atoms with Crippen LogP contribution in [0.5, 0.6) is 0 Å². The third-order valence-electron chi connectivity index (χ3n) is 2.94. The maximum atomic E-state index is 11.9. The predicted molar refractivity (Wildman–Crippen MR) is 89.4 cm³/mol. The third kappa shape index (κ3) is 3.81. The number of aromatic nitrogens is 1. The Hall–Kier alpha value is -1.98. The van der Waals surface area contributed by atoms with Crippen molar-refractivity contribution in [2.24, 2.45) is 0 Å². The number of halogens is 1. The molecule has 0 aliphatic carbocycles. The highest BCUT2D eigenvalue weighted by atomic mass is 35.5. The van der Waals surface area contributed by atoms with Crippen molar-refractivity contribution in [3.63, 3.8) is 0 Å². The zero-order valence-corrected chi connectivity index (χ0v) is 13.2. The lowest BCUT2D eigenvalue weighted by atomic mass is 10.3. The predicted octanol–water partition coefficient (Wildman–Crippen LogP) is 4.60. The van der Waals surface area contributed by atoms with E-state index in [1.807, 2.05) is 24.3 Å². The summed E-state index contributed by atoms with van der Waals surface area (Å²) in [7, 11) is 0. The highest BCUT2D eigenvalue weighted by Crippen LogP contribution is 2.23. The first-order valence-corrected chi connectivity index (χ1v) is 8.11. The normalized spacial score (nSPS) is 10.8. The van der Waals surface area contributed by atoms with Gasteiger partial charge in [0.25, 0.3) is 5.22 Å². The Balaban J connectivity index is 1.51. The van der Waals surface area contributed by atoms with E-state index in [0.29, 0.717) is 28.1 Å². The summed E-state index contributed by atoms with van der Waals surface area (Å²) in [5, 5.41) is 3.98. The van der Waals surface area contributed by atoms with Gasteiger partial charge in [-0.25, -0.2) is 4.98 Å². The molecule has 3 aromatic rings. The molecular formula is C16H13ClN2O2S. The largest absolute Gasteiger partial charge is 0.431 e. The summed E-state index contributed by atoms with van der Waals surface area (Å²) in [5.41, 5.74) is 2.28. The second-order valence-electron chi connectivity index (χ2n) is 4.60. The van der Waals surface area contributed by atoms with Gasteiger partial charge in [0.2, 0.25) is 5.91 Å². The molecule has 4 nitrogen and oxygen atoms in total. The molecule has 0 aliphatic rings. The van der Waals surface area contributed by atoms with Crippen LogP contribution in [0.3, 0.4) is 0 Å². The molecule has 0 radical (unpaired) electrons. The summed E-state index contributed by atoms with van der Waals surface area (Å²) in [6.45, 7) is 0. The molecule has 0 aliphatic heterocycles. The van der Waals surface area contributed by atoms with Crippen molar-refractivity contribution in [2.75, 3.05) is 11.1 Å². The molecular weight excluding hydrogens is 320 g/mol. The van der Waals surface area contributed by atoms with Crippen LogP contribution in [0.2, 0.25) is 5.02 Å². The SMILES string of the molecule is O=C(CCSc1nc2ccccc2o1)Nc1cccc(Cl)c1. The van der Waals surface area contributed by atoms with Crippen LogP contribution in [0.1, 0.15) is 6.42 Å². The molecule has 1 amide bonds. The molecule has 0 fully saturated rings. The number of rotatable bonds is 5. The lowest BCUT2D eigenvalue weighted by Gasteiger charge is -2.04. The van der Waals surface area contributed by atoms with E-state index in [1.54, 1.807) is 24.3 Å². The molecule has 0 unspecified atom stereocenters. The average molecular weight is 333 g/mol. The summed E-state index contributed by atoms with van der Waals surface area (Å²) in [6, 6.07) is 14.7. The van der Waals surface area contributed by atoms with Gasteiger partial charge in [-0.05, 0) is 30.3 Å². The molecule has 112 valence electrons. The van der Waals surface area contributed by atoms with Gasteiger partial charge in [-0.15, -0.1) is 0 Å². The molecule has 0 bridgehead atoms. The molecule has 0 saturated heterocycles. The standard InChI is InChI=1S/C16H13ClN2O2S/c17-11-4-3-5-12(10-11)18-15(20)8-9-22-16-19-13-6-1-2-7-14(13)21-16/h1-7,10H,8-9H2,(H,18,20). The maximum Gasteiger partial charge on any atom is 0.256 e. The number of hydrogen-bond donors (Lipinski definition) is 1. The highest BCUT2D eigenvalue weighted by Gasteiger charge is 2.08. The third-order valence-corrected chi connectivity index (χ3v) is 4.00. The molecule has 0 atom stereocenters. The van der Waals surface area contributed by atoms with Crippen LogP contribution < -0.4 is 5.32 Å². The number of fused-ring (bicyclic) bond motifs is 1. The number of nitrogens with zero attached hydrogens (tertiary/aromatic N) is 1. The van der Waals surface area contributed by atoms with Gasteiger partial charge in [-0.1, -0.05) is 41.6 Å². The molecule has 1 aromatic heterocycles. The molecule has 22 heavy (non-hydrogen) atoms. The van der Waals surface area contributed by atoms with E-state index in [4.69, 9.17) is 16.0 Å². The van der Waals surface area contributed by atoms with Gasteiger partial charge in [0, 0.05) is 22.9 Å². The van der Waals surface area contributed by atoms with Crippen LogP contribution in [-0.2, 0) is 4.79 Å². The molecule has 1 heterocycles. The van der Waals surface area contributed by atoms with Gasteiger partial charge >= 0.3 is 0 Å². The molecule has 1 N–H and O–H groups in total. The number of hydrogen-bond acceptors (Lipinski definition) is 4. The number of anilines is 1. The van der Waals surface area contributed by atoms with Gasteiger partial charge in [-0.2, -0.15) is 0 Å². The second kappa shape index (κ2) is 6.85. The van der Waals surface area contributed by atoms with Crippen LogP contribution in [0.4, 0.5) is 5.69 Å². The van der Waals surface area contributed by atoms with Crippen LogP contribution in [0.25, 0.3) is 11.1 Å². The number of benzene rings is 2. The summed E-state index contributed by atoms with van der Waals surface area (Å²) < 4.78 is 5.59. The number of nitrogens with one attached hydrogen (secondary N) is 1. The van der Waals surface area contributed by atoms with E-state index in [-0.39, 0.29) is 5.91 Å². The Morgan fingerprint density at radius 3 is 2.91 bits per heavy atom. The number of oxazole rings is 1. The van der Waals surface area contributed by atoms with Crippen molar-refractivity contribution in [2.45, 2.75) is 11.6 Å². The molecule has 3 rings (SSSR count). The van der Waals surface area contributed by atoms with Crippen molar-refractivity contribution >= 4 is 46.1 Å². The van der Waals surface area contributed by atoms with Gasteiger partial charge in [0.15, 0.2) is 5.58 Å². The molecule has 0 spiro atoms. The number of thioether (sulfide) groups is 1. The van der Waals surface area contributed by atoms with E-state index < -0.39 is 0 Å². The lowest BCUT2D eigenvalue weighted by Crippen LogP contribution is -2.12. The second-order valence-corrected chi connectivity index (χ2v) is 6.09. The van der Waals surface area contributed by atoms with Crippen LogP contribution >= 0.6 is 23.4 Å². The number of carbonyl (C=O) groups is 1. The Kier molecular flexibility index (Phi) is 4.65. The minimum absolute atomic E-state index is 0.0640. The zero-order chi connectivity index (χ0) is 15.4. The van der Waals surface area contributed by atoms with E-state index in [1.165, 1.54) is 11.8 Å². The number of para-hydroxylation sites is 2. The van der Waals surface area contributed by atoms with E-state index in [9.17, 15) is 4.79 Å². The van der Waals surface area contributed by atoms with Gasteiger partial charge in [-0.3, -0.25) is 4.79 Å². The van der Waals surface area contributed by atoms with Gasteiger partial charge in [0.05, 0.1) is 0 Å². The average Bonchev–Trinajstić information content (AvgIpc) is 2.90. The summed E-state index contributed by atoms with van der Waals surface area (Å²) in [5.74, 6) is 0.532. The highest BCUT2D eigenvalue weighted by molar-refractivity contribution is 7.99. The first-order valence-electron chi connectivity index (χ1n) is 6.74. The summed E-state index contributed by atoms with van der Waals surface area (Å²) >= 11 is 7.30. The lowest BCUT2D eigenvalue weighted by molar-refractivity contribution is -0.115. The summed E-state index contributed by atoms with van der Waals surface area (Å²) in [6.07, 6.45) is 0.371. The summed E-state index contributed by atoms with van der Waals surface area (Å²) in [4.78, 5) is 16.2. The smallest absolute Gasteiger partial charge is 0.256 e. The monoisotopic (exact) mass is 332 g/mol. The maximum absolute atomic E-state index is 11.9. The fourth-order valence-corrected chi connectivity index (χ4v) is 2.90. The fourth-order valence-electron chi connectivity index (χ4n) is 1.93. The van der Waals surface area contributed by atoms with Crippen molar-refractivity contribution < 1.29 is 9.21 Å². The quantitative estimate of drug-likeness (QED) is 0.694. The fraction of sp³-hybridized carbons (Fsp3) is 0.125. The van der Waals surface area contributed by atoms with Crippen LogP contribution in [0.15, 0.2) is 58.2 Å². The Labute approximate surface area is 136 Å². The Morgan fingerprint density at radius 1 is 1.23 bits per heavy atom. The van der Waals surface area contributed by atoms with Gasteiger partial charge in [0.1, 0.15) is 5.52 Å². The number of carbonyl (C=O) groups excluding carboxylic acids is 1. The zero-order valence-electron chi connectivity index (χ0n) is 11.6. The Bertz CT molecular complexity index is 770. The minimum Gasteiger partial charge on any atom is -0.431 e. The molecule has 0 saturated carbocycles. The van der Waals surface area contributed by atoms with Gasteiger partial charge < -0.3 is 9.73 Å². The van der Waals surface area contributed by atoms with Crippen molar-refractivity contribution in [1.82, 2.24) is 4.98 Å². The van der Waals surface area contributed by atoms with E-state index in [0.717, 1.165) is 11.1 Å².